The average molecular weight is 296 g/mol. The van der Waals surface area contributed by atoms with E-state index < -0.39 is 0 Å². The van der Waals surface area contributed by atoms with E-state index in [2.05, 4.69) is 20.8 Å². The van der Waals surface area contributed by atoms with Crippen LogP contribution in [0.25, 0.3) is 0 Å². The summed E-state index contributed by atoms with van der Waals surface area (Å²) in [6, 6.07) is 7.88. The highest BCUT2D eigenvalue weighted by atomic mass is 79.9. The minimum atomic E-state index is 0.0479. The Morgan fingerprint density at radius 1 is 1.35 bits per heavy atom. The average Bonchev–Trinajstić information content (AvgIpc) is 2.81. The Labute approximate surface area is 109 Å². The van der Waals surface area contributed by atoms with E-state index in [1.807, 2.05) is 31.3 Å². The summed E-state index contributed by atoms with van der Waals surface area (Å²) in [6.45, 7) is 0.841. The van der Waals surface area contributed by atoms with Crippen LogP contribution in [0, 0.1) is 0 Å². The summed E-state index contributed by atoms with van der Waals surface area (Å²) in [5.74, 6) is 0. The monoisotopic (exact) mass is 295 g/mol. The van der Waals surface area contributed by atoms with Crippen molar-refractivity contribution in [2.24, 2.45) is 0 Å². The third-order valence-corrected chi connectivity index (χ3v) is 3.39. The normalized spacial score (nSPS) is 10.5. The molecule has 1 aromatic carbocycles. The molecule has 0 aliphatic carbocycles. The van der Waals surface area contributed by atoms with Crippen LogP contribution >= 0.6 is 15.9 Å². The molecule has 0 aliphatic heterocycles. The molecule has 90 valence electrons. The highest BCUT2D eigenvalue weighted by molar-refractivity contribution is 9.10. The molecule has 1 aromatic heterocycles. The summed E-state index contributed by atoms with van der Waals surface area (Å²) in [7, 11) is 2.02. The predicted molar refractivity (Wildman–Crippen MR) is 70.9 cm³/mol. The molecule has 17 heavy (non-hydrogen) atoms. The molecule has 0 amide bonds. The molecule has 0 aliphatic rings. The van der Waals surface area contributed by atoms with Crippen molar-refractivity contribution in [2.75, 3.05) is 11.9 Å². The van der Waals surface area contributed by atoms with E-state index in [1.54, 1.807) is 12.5 Å². The Balaban J connectivity index is 2.14. The lowest BCUT2D eigenvalue weighted by atomic mass is 10.2. The van der Waals surface area contributed by atoms with Crippen LogP contribution in [0.2, 0.25) is 0 Å². The molecular formula is C13H14BrNO2. The number of halogens is 1. The van der Waals surface area contributed by atoms with E-state index in [-0.39, 0.29) is 6.61 Å². The van der Waals surface area contributed by atoms with Gasteiger partial charge in [0.25, 0.3) is 0 Å². The molecular weight excluding hydrogens is 282 g/mol. The maximum absolute atomic E-state index is 9.10. The van der Waals surface area contributed by atoms with Gasteiger partial charge in [-0.1, -0.05) is 22.0 Å². The Bertz CT molecular complexity index is 482. The van der Waals surface area contributed by atoms with E-state index in [4.69, 9.17) is 9.52 Å². The van der Waals surface area contributed by atoms with Gasteiger partial charge in [-0.3, -0.25) is 0 Å². The summed E-state index contributed by atoms with van der Waals surface area (Å²) in [5, 5.41) is 9.10. The van der Waals surface area contributed by atoms with Crippen LogP contribution in [0.4, 0.5) is 5.69 Å². The summed E-state index contributed by atoms with van der Waals surface area (Å²) >= 11 is 3.45. The number of furan rings is 1. The first kappa shape index (κ1) is 12.2. The fourth-order valence-electron chi connectivity index (χ4n) is 1.65. The molecule has 2 aromatic rings. The number of anilines is 1. The van der Waals surface area contributed by atoms with Crippen molar-refractivity contribution >= 4 is 21.6 Å². The molecule has 3 nitrogen and oxygen atoms in total. The Morgan fingerprint density at radius 3 is 2.76 bits per heavy atom. The van der Waals surface area contributed by atoms with E-state index in [0.29, 0.717) is 0 Å². The van der Waals surface area contributed by atoms with Gasteiger partial charge < -0.3 is 14.4 Å². The first-order valence-corrected chi connectivity index (χ1v) is 6.11. The second-order valence-corrected chi connectivity index (χ2v) is 4.78. The van der Waals surface area contributed by atoms with Gasteiger partial charge in [-0.2, -0.15) is 0 Å². The van der Waals surface area contributed by atoms with E-state index >= 15 is 0 Å². The van der Waals surface area contributed by atoms with Gasteiger partial charge in [0.2, 0.25) is 0 Å². The zero-order chi connectivity index (χ0) is 12.3. The number of nitrogens with zero attached hydrogens (tertiary/aromatic N) is 1. The zero-order valence-corrected chi connectivity index (χ0v) is 11.1. The predicted octanol–water partition coefficient (Wildman–Crippen LogP) is 3.17. The van der Waals surface area contributed by atoms with Gasteiger partial charge in [0.15, 0.2) is 0 Å². The van der Waals surface area contributed by atoms with Gasteiger partial charge in [-0.15, -0.1) is 0 Å². The standard InChI is InChI=1S/C13H14BrNO2/c1-15(7-10-4-5-17-9-10)12-3-2-11(8-16)13(14)6-12/h2-6,9,16H,7-8H2,1H3. The molecule has 0 atom stereocenters. The summed E-state index contributed by atoms with van der Waals surface area (Å²) in [6.07, 6.45) is 3.42. The number of benzene rings is 1. The maximum Gasteiger partial charge on any atom is 0.0952 e. The van der Waals surface area contributed by atoms with Crippen molar-refractivity contribution in [2.45, 2.75) is 13.2 Å². The minimum Gasteiger partial charge on any atom is -0.472 e. The molecule has 0 saturated heterocycles. The summed E-state index contributed by atoms with van der Waals surface area (Å²) < 4.78 is 5.97. The number of aliphatic hydroxyl groups excluding tert-OH is 1. The van der Waals surface area contributed by atoms with Gasteiger partial charge in [-0.25, -0.2) is 0 Å². The van der Waals surface area contributed by atoms with Crippen molar-refractivity contribution in [3.8, 4) is 0 Å². The molecule has 4 heteroatoms. The van der Waals surface area contributed by atoms with Crippen molar-refractivity contribution < 1.29 is 9.52 Å². The summed E-state index contributed by atoms with van der Waals surface area (Å²) in [5.41, 5.74) is 3.12. The van der Waals surface area contributed by atoms with Crippen molar-refractivity contribution in [1.29, 1.82) is 0 Å². The van der Waals surface area contributed by atoms with Gasteiger partial charge >= 0.3 is 0 Å². The number of hydrogen-bond donors (Lipinski definition) is 1. The van der Waals surface area contributed by atoms with Crippen molar-refractivity contribution in [3.05, 3.63) is 52.4 Å². The van der Waals surface area contributed by atoms with Crippen molar-refractivity contribution in [1.82, 2.24) is 0 Å². The van der Waals surface area contributed by atoms with Crippen LogP contribution in [0.15, 0.2) is 45.7 Å². The fourth-order valence-corrected chi connectivity index (χ4v) is 2.14. The zero-order valence-electron chi connectivity index (χ0n) is 9.56. The van der Waals surface area contributed by atoms with Crippen LogP contribution < -0.4 is 4.90 Å². The second kappa shape index (κ2) is 5.38. The number of rotatable bonds is 4. The highest BCUT2D eigenvalue weighted by Gasteiger charge is 2.06. The fraction of sp³-hybridized carbons (Fsp3) is 0.231. The van der Waals surface area contributed by atoms with Gasteiger partial charge in [0.1, 0.15) is 0 Å². The third kappa shape index (κ3) is 2.90. The quantitative estimate of drug-likeness (QED) is 0.941. The van der Waals surface area contributed by atoms with Crippen LogP contribution in [-0.4, -0.2) is 12.2 Å². The van der Waals surface area contributed by atoms with Crippen LogP contribution in [0.1, 0.15) is 11.1 Å². The SMILES string of the molecule is CN(Cc1ccoc1)c1ccc(CO)c(Br)c1. The number of hydrogen-bond acceptors (Lipinski definition) is 3. The van der Waals surface area contributed by atoms with E-state index in [1.165, 1.54) is 0 Å². The molecule has 0 fully saturated rings. The first-order valence-electron chi connectivity index (χ1n) is 5.32. The first-order chi connectivity index (χ1) is 8.20. The molecule has 2 rings (SSSR count). The van der Waals surface area contributed by atoms with Crippen LogP contribution in [0.3, 0.4) is 0 Å². The minimum absolute atomic E-state index is 0.0479. The largest absolute Gasteiger partial charge is 0.472 e. The Kier molecular flexibility index (Phi) is 3.86. The number of aliphatic hydroxyl groups is 1. The van der Waals surface area contributed by atoms with Gasteiger partial charge in [0, 0.05) is 29.3 Å². The Hall–Kier alpha value is -1.26. The smallest absolute Gasteiger partial charge is 0.0952 e. The van der Waals surface area contributed by atoms with Crippen LogP contribution in [-0.2, 0) is 13.2 Å². The van der Waals surface area contributed by atoms with Gasteiger partial charge in [0.05, 0.1) is 19.1 Å². The van der Waals surface area contributed by atoms with Crippen molar-refractivity contribution in [3.63, 3.8) is 0 Å². The molecule has 0 spiro atoms. The van der Waals surface area contributed by atoms with E-state index in [9.17, 15) is 0 Å². The lowest BCUT2D eigenvalue weighted by Crippen LogP contribution is -2.15. The molecule has 0 saturated carbocycles. The lowest BCUT2D eigenvalue weighted by molar-refractivity contribution is 0.281. The maximum atomic E-state index is 9.10. The topological polar surface area (TPSA) is 36.6 Å². The third-order valence-electron chi connectivity index (χ3n) is 2.65. The molecule has 1 N–H and O–H groups in total. The molecule has 0 unspecified atom stereocenters. The Morgan fingerprint density at radius 2 is 2.18 bits per heavy atom. The lowest BCUT2D eigenvalue weighted by Gasteiger charge is -2.19. The molecule has 0 radical (unpaired) electrons. The second-order valence-electron chi connectivity index (χ2n) is 3.92. The molecule has 0 bridgehead atoms. The molecule has 1 heterocycles. The van der Waals surface area contributed by atoms with Gasteiger partial charge in [-0.05, 0) is 23.8 Å². The summed E-state index contributed by atoms with van der Waals surface area (Å²) in [4.78, 5) is 2.12. The van der Waals surface area contributed by atoms with Crippen LogP contribution in [0.5, 0.6) is 0 Å². The highest BCUT2D eigenvalue weighted by Crippen LogP contribution is 2.24. The van der Waals surface area contributed by atoms with E-state index in [0.717, 1.165) is 27.8 Å².